The molecule has 0 aromatic rings. The van der Waals surface area contributed by atoms with Crippen LogP contribution in [0.5, 0.6) is 0 Å². The number of carboxylic acids is 1. The van der Waals surface area contributed by atoms with E-state index in [0.717, 1.165) is 32.1 Å². The summed E-state index contributed by atoms with van der Waals surface area (Å²) in [5.74, 6) is -1.09. The van der Waals surface area contributed by atoms with E-state index in [9.17, 15) is 14.4 Å². The molecule has 0 spiro atoms. The number of ether oxygens (including phenoxy) is 1. The van der Waals surface area contributed by atoms with Crippen LogP contribution in [0.2, 0.25) is 0 Å². The van der Waals surface area contributed by atoms with Crippen LogP contribution in [0.4, 0.5) is 0 Å². The fourth-order valence-electron chi connectivity index (χ4n) is 4.01. The van der Waals surface area contributed by atoms with Gasteiger partial charge in [0, 0.05) is 19.5 Å². The SMILES string of the molecule is CCNC(=O)C(=O)NCC[C@H]1[C@@H](C/C=C\CCCC(=O)O)[C@H]2CC[C@@H]1O2. The maximum Gasteiger partial charge on any atom is 0.309 e. The van der Waals surface area contributed by atoms with E-state index in [2.05, 4.69) is 22.8 Å². The zero-order valence-corrected chi connectivity index (χ0v) is 15.4. The van der Waals surface area contributed by atoms with Gasteiger partial charge in [-0.1, -0.05) is 12.2 Å². The lowest BCUT2D eigenvalue weighted by Gasteiger charge is -2.27. The van der Waals surface area contributed by atoms with E-state index >= 15 is 0 Å². The summed E-state index contributed by atoms with van der Waals surface area (Å²) in [4.78, 5) is 33.6. The van der Waals surface area contributed by atoms with E-state index in [0.29, 0.717) is 31.3 Å². The fourth-order valence-corrected chi connectivity index (χ4v) is 4.01. The van der Waals surface area contributed by atoms with Gasteiger partial charge < -0.3 is 20.5 Å². The van der Waals surface area contributed by atoms with Gasteiger partial charge in [0.25, 0.3) is 0 Å². The second kappa shape index (κ2) is 10.3. The number of nitrogens with one attached hydrogen (secondary N) is 2. The lowest BCUT2D eigenvalue weighted by atomic mass is 9.76. The van der Waals surface area contributed by atoms with Gasteiger partial charge in [-0.05, 0) is 57.3 Å². The van der Waals surface area contributed by atoms with Crippen LogP contribution < -0.4 is 10.6 Å². The molecular formula is C19H30N2O5. The Morgan fingerprint density at radius 1 is 1.08 bits per heavy atom. The smallest absolute Gasteiger partial charge is 0.309 e. The summed E-state index contributed by atoms with van der Waals surface area (Å²) in [6.45, 7) is 2.69. The molecule has 0 radical (unpaired) electrons. The van der Waals surface area contributed by atoms with Crippen LogP contribution in [0.25, 0.3) is 0 Å². The van der Waals surface area contributed by atoms with E-state index in [-0.39, 0.29) is 18.6 Å². The van der Waals surface area contributed by atoms with Crippen LogP contribution in [0.15, 0.2) is 12.2 Å². The Bertz CT molecular complexity index is 534. The average molecular weight is 366 g/mol. The molecule has 0 saturated carbocycles. The number of fused-ring (bicyclic) bond motifs is 2. The van der Waals surface area contributed by atoms with Crippen LogP contribution in [0.3, 0.4) is 0 Å². The molecule has 0 aliphatic carbocycles. The molecule has 2 fully saturated rings. The van der Waals surface area contributed by atoms with E-state index in [1.165, 1.54) is 0 Å². The number of carbonyl (C=O) groups excluding carboxylic acids is 2. The first kappa shape index (κ1) is 20.4. The predicted molar refractivity (Wildman–Crippen MR) is 96.4 cm³/mol. The molecule has 2 amide bonds. The van der Waals surface area contributed by atoms with E-state index in [1.54, 1.807) is 6.92 Å². The Balaban J connectivity index is 1.73. The van der Waals surface area contributed by atoms with Crippen molar-refractivity contribution in [1.82, 2.24) is 10.6 Å². The summed E-state index contributed by atoms with van der Waals surface area (Å²) in [5.41, 5.74) is 0. The molecule has 0 aromatic heterocycles. The van der Waals surface area contributed by atoms with Crippen LogP contribution in [-0.2, 0) is 19.1 Å². The normalized spacial score (nSPS) is 27.0. The van der Waals surface area contributed by atoms with Gasteiger partial charge in [-0.25, -0.2) is 0 Å². The Kier molecular flexibility index (Phi) is 8.09. The number of unbranched alkanes of at least 4 members (excludes halogenated alkanes) is 1. The molecule has 2 saturated heterocycles. The molecule has 146 valence electrons. The number of rotatable bonds is 10. The molecule has 2 aliphatic heterocycles. The van der Waals surface area contributed by atoms with Crippen molar-refractivity contribution >= 4 is 17.8 Å². The van der Waals surface area contributed by atoms with Crippen LogP contribution >= 0.6 is 0 Å². The quantitative estimate of drug-likeness (QED) is 0.310. The number of amides is 2. The lowest BCUT2D eigenvalue weighted by molar-refractivity contribution is -0.139. The number of carbonyl (C=O) groups is 3. The highest BCUT2D eigenvalue weighted by Gasteiger charge is 2.47. The molecule has 0 aromatic carbocycles. The van der Waals surface area contributed by atoms with Gasteiger partial charge in [0.2, 0.25) is 0 Å². The van der Waals surface area contributed by atoms with Gasteiger partial charge in [-0.3, -0.25) is 14.4 Å². The zero-order valence-electron chi connectivity index (χ0n) is 15.4. The number of carboxylic acid groups (broad SMARTS) is 1. The number of allylic oxidation sites excluding steroid dienone is 2. The van der Waals surface area contributed by atoms with Crippen molar-refractivity contribution in [2.24, 2.45) is 11.8 Å². The van der Waals surface area contributed by atoms with Crippen molar-refractivity contribution in [2.75, 3.05) is 13.1 Å². The maximum absolute atomic E-state index is 11.7. The molecular weight excluding hydrogens is 336 g/mol. The first-order chi connectivity index (χ1) is 12.5. The van der Waals surface area contributed by atoms with Gasteiger partial charge in [-0.2, -0.15) is 0 Å². The van der Waals surface area contributed by atoms with Gasteiger partial charge >= 0.3 is 17.8 Å². The second-order valence-electron chi connectivity index (χ2n) is 7.02. The molecule has 3 N–H and O–H groups in total. The molecule has 7 nitrogen and oxygen atoms in total. The first-order valence-electron chi connectivity index (χ1n) is 9.61. The molecule has 2 heterocycles. The van der Waals surface area contributed by atoms with E-state index in [4.69, 9.17) is 9.84 Å². The van der Waals surface area contributed by atoms with Gasteiger partial charge in [0.1, 0.15) is 0 Å². The third-order valence-electron chi connectivity index (χ3n) is 5.23. The highest BCUT2D eigenvalue weighted by atomic mass is 16.5. The Hall–Kier alpha value is -1.89. The van der Waals surface area contributed by atoms with E-state index < -0.39 is 17.8 Å². The van der Waals surface area contributed by atoms with Crippen molar-refractivity contribution in [3.63, 3.8) is 0 Å². The highest BCUT2D eigenvalue weighted by Crippen LogP contribution is 2.46. The second-order valence-corrected chi connectivity index (χ2v) is 7.02. The van der Waals surface area contributed by atoms with Crippen LogP contribution in [-0.4, -0.2) is 48.2 Å². The third-order valence-corrected chi connectivity index (χ3v) is 5.23. The van der Waals surface area contributed by atoms with Crippen molar-refractivity contribution in [3.05, 3.63) is 12.2 Å². The minimum absolute atomic E-state index is 0.204. The van der Waals surface area contributed by atoms with Crippen molar-refractivity contribution < 1.29 is 24.2 Å². The number of likely N-dealkylation sites (N-methyl/N-ethyl adjacent to an activating group) is 1. The summed E-state index contributed by atoms with van der Waals surface area (Å²) >= 11 is 0. The minimum atomic E-state index is -0.755. The summed E-state index contributed by atoms with van der Waals surface area (Å²) in [6.07, 6.45) is 10.3. The van der Waals surface area contributed by atoms with Gasteiger partial charge in [0.05, 0.1) is 12.2 Å². The monoisotopic (exact) mass is 366 g/mol. The first-order valence-corrected chi connectivity index (χ1v) is 9.61. The summed E-state index contributed by atoms with van der Waals surface area (Å²) in [7, 11) is 0. The standard InChI is InChI=1S/C19H30N2O5/c1-2-20-18(24)19(25)21-12-11-14-13(15-9-10-16(14)26-15)7-5-3-4-6-8-17(22)23/h3,5,13-16H,2,4,6-12H2,1H3,(H,20,24)(H,21,25)(H,22,23)/b5-3-/t13-,14+,15-,16+/m1/s1. The molecule has 7 heteroatoms. The lowest BCUT2D eigenvalue weighted by Crippen LogP contribution is -2.41. The zero-order chi connectivity index (χ0) is 18.9. The number of aliphatic carboxylic acids is 1. The molecule has 2 bridgehead atoms. The average Bonchev–Trinajstić information content (AvgIpc) is 3.20. The number of hydrogen-bond acceptors (Lipinski definition) is 4. The molecule has 26 heavy (non-hydrogen) atoms. The highest BCUT2D eigenvalue weighted by molar-refractivity contribution is 6.35. The Morgan fingerprint density at radius 2 is 1.77 bits per heavy atom. The largest absolute Gasteiger partial charge is 0.481 e. The predicted octanol–water partition coefficient (Wildman–Crippen LogP) is 1.62. The fraction of sp³-hybridized carbons (Fsp3) is 0.737. The summed E-state index contributed by atoms with van der Waals surface area (Å²) < 4.78 is 6.05. The van der Waals surface area contributed by atoms with Crippen LogP contribution in [0.1, 0.15) is 51.9 Å². The topological polar surface area (TPSA) is 105 Å². The van der Waals surface area contributed by atoms with Gasteiger partial charge in [-0.15, -0.1) is 0 Å². The van der Waals surface area contributed by atoms with Crippen molar-refractivity contribution in [3.8, 4) is 0 Å². The number of hydrogen-bond donors (Lipinski definition) is 3. The minimum Gasteiger partial charge on any atom is -0.481 e. The maximum atomic E-state index is 11.7. The molecule has 4 atom stereocenters. The summed E-state index contributed by atoms with van der Waals surface area (Å²) in [5, 5.41) is 13.8. The van der Waals surface area contributed by atoms with Gasteiger partial charge in [0.15, 0.2) is 0 Å². The molecule has 0 unspecified atom stereocenters. The van der Waals surface area contributed by atoms with Crippen LogP contribution in [0, 0.1) is 11.8 Å². The molecule has 2 rings (SSSR count). The molecule has 2 aliphatic rings. The summed E-state index contributed by atoms with van der Waals surface area (Å²) in [6, 6.07) is 0. The van der Waals surface area contributed by atoms with Crippen molar-refractivity contribution in [1.29, 1.82) is 0 Å². The van der Waals surface area contributed by atoms with E-state index in [1.807, 2.05) is 0 Å². The third kappa shape index (κ3) is 5.83. The van der Waals surface area contributed by atoms with Crippen molar-refractivity contribution in [2.45, 2.75) is 64.1 Å². The Morgan fingerprint density at radius 3 is 2.46 bits per heavy atom. The Labute approximate surface area is 154 Å².